The fourth-order valence-corrected chi connectivity index (χ4v) is 2.13. The molecule has 0 saturated carbocycles. The van der Waals surface area contributed by atoms with E-state index in [9.17, 15) is 9.18 Å². The zero-order valence-corrected chi connectivity index (χ0v) is 11.3. The maximum Gasteiger partial charge on any atom is 0.187 e. The average Bonchev–Trinajstić information content (AvgIpc) is 2.41. The summed E-state index contributed by atoms with van der Waals surface area (Å²) in [5, 5.41) is 0.595. The Hall–Kier alpha value is -1.75. The molecule has 1 aromatic heterocycles. The molecule has 0 unspecified atom stereocenters. The van der Waals surface area contributed by atoms with E-state index in [4.69, 9.17) is 0 Å². The summed E-state index contributed by atoms with van der Waals surface area (Å²) >= 11 is 1.31. The van der Waals surface area contributed by atoms with Gasteiger partial charge in [-0.2, -0.15) is 0 Å². The molecule has 98 valence electrons. The first-order valence-electron chi connectivity index (χ1n) is 5.81. The van der Waals surface area contributed by atoms with Gasteiger partial charge in [0.2, 0.25) is 0 Å². The fraction of sp³-hybridized carbons (Fsp3) is 0.214. The quantitative estimate of drug-likeness (QED) is 0.622. The molecule has 0 bridgehead atoms. The van der Waals surface area contributed by atoms with Gasteiger partial charge in [-0.3, -0.25) is 4.79 Å². The summed E-state index contributed by atoms with van der Waals surface area (Å²) < 4.78 is 12.7. The van der Waals surface area contributed by atoms with Gasteiger partial charge in [-0.15, -0.1) is 0 Å². The van der Waals surface area contributed by atoms with Crippen LogP contribution in [0.3, 0.4) is 0 Å². The van der Waals surface area contributed by atoms with Crippen LogP contribution in [0.4, 0.5) is 4.39 Å². The highest BCUT2D eigenvalue weighted by atomic mass is 32.2. The van der Waals surface area contributed by atoms with E-state index in [0.29, 0.717) is 17.3 Å². The first-order valence-corrected chi connectivity index (χ1v) is 6.79. The second-order valence-electron chi connectivity index (χ2n) is 4.17. The molecular formula is C14H13FN2OS. The van der Waals surface area contributed by atoms with Crippen molar-refractivity contribution in [3.05, 3.63) is 53.6 Å². The Balaban J connectivity index is 1.84. The Kier molecular flexibility index (Phi) is 4.63. The van der Waals surface area contributed by atoms with Gasteiger partial charge in [-0.05, 0) is 30.2 Å². The van der Waals surface area contributed by atoms with Crippen molar-refractivity contribution in [1.82, 2.24) is 9.97 Å². The Bertz CT molecular complexity index is 555. The zero-order valence-electron chi connectivity index (χ0n) is 10.5. The highest BCUT2D eigenvalue weighted by molar-refractivity contribution is 7.99. The topological polar surface area (TPSA) is 42.9 Å². The molecule has 0 radical (unpaired) electrons. The van der Waals surface area contributed by atoms with Gasteiger partial charge < -0.3 is 0 Å². The number of rotatable bonds is 5. The van der Waals surface area contributed by atoms with Crippen LogP contribution in [0, 0.1) is 12.7 Å². The van der Waals surface area contributed by atoms with Crippen LogP contribution in [-0.2, 0) is 11.2 Å². The number of hydrogen-bond donors (Lipinski definition) is 0. The lowest BCUT2D eigenvalue weighted by Gasteiger charge is -2.01. The molecule has 19 heavy (non-hydrogen) atoms. The smallest absolute Gasteiger partial charge is 0.187 e. The standard InChI is InChI=1S/C14H13FN2OS/c1-10-7-16-14(17-8-10)19-9-13(18)6-11-2-4-12(15)5-3-11/h2-5,7-8H,6,9H2,1H3. The zero-order chi connectivity index (χ0) is 13.7. The van der Waals surface area contributed by atoms with Gasteiger partial charge in [0.15, 0.2) is 5.16 Å². The number of Topliss-reactive ketones (excluding diaryl/α,β-unsaturated/α-hetero) is 1. The van der Waals surface area contributed by atoms with Crippen LogP contribution in [0.2, 0.25) is 0 Å². The molecule has 3 nitrogen and oxygen atoms in total. The van der Waals surface area contributed by atoms with E-state index < -0.39 is 0 Å². The molecule has 0 aliphatic heterocycles. The summed E-state index contributed by atoms with van der Waals surface area (Å²) in [6.07, 6.45) is 3.75. The third-order valence-electron chi connectivity index (χ3n) is 2.43. The largest absolute Gasteiger partial charge is 0.298 e. The van der Waals surface area contributed by atoms with Gasteiger partial charge in [-0.1, -0.05) is 23.9 Å². The summed E-state index contributed by atoms with van der Waals surface area (Å²) in [6.45, 7) is 1.91. The van der Waals surface area contributed by atoms with Crippen molar-refractivity contribution < 1.29 is 9.18 Å². The number of carbonyl (C=O) groups is 1. The van der Waals surface area contributed by atoms with Crippen molar-refractivity contribution in [2.45, 2.75) is 18.5 Å². The monoisotopic (exact) mass is 276 g/mol. The second-order valence-corrected chi connectivity index (χ2v) is 5.12. The van der Waals surface area contributed by atoms with Gasteiger partial charge in [-0.25, -0.2) is 14.4 Å². The minimum Gasteiger partial charge on any atom is -0.298 e. The van der Waals surface area contributed by atoms with E-state index in [1.165, 1.54) is 23.9 Å². The van der Waals surface area contributed by atoms with Gasteiger partial charge in [0.1, 0.15) is 11.6 Å². The van der Waals surface area contributed by atoms with E-state index in [1.807, 2.05) is 6.92 Å². The molecule has 0 atom stereocenters. The number of nitrogens with zero attached hydrogens (tertiary/aromatic N) is 2. The first-order chi connectivity index (χ1) is 9.13. The molecule has 2 aromatic rings. The van der Waals surface area contributed by atoms with Crippen LogP contribution < -0.4 is 0 Å². The molecule has 0 saturated heterocycles. The number of benzene rings is 1. The molecule has 0 aliphatic rings. The van der Waals surface area contributed by atoms with E-state index in [2.05, 4.69) is 9.97 Å². The first kappa shape index (κ1) is 13.7. The van der Waals surface area contributed by atoms with Crippen LogP contribution in [0.25, 0.3) is 0 Å². The second kappa shape index (κ2) is 6.43. The number of halogens is 1. The summed E-state index contributed by atoms with van der Waals surface area (Å²) in [5.74, 6) is 0.0971. The third kappa shape index (κ3) is 4.44. The number of aryl methyl sites for hydroxylation is 1. The fourth-order valence-electron chi connectivity index (χ4n) is 1.48. The van der Waals surface area contributed by atoms with Crippen LogP contribution >= 0.6 is 11.8 Å². The summed E-state index contributed by atoms with van der Waals surface area (Å²) in [4.78, 5) is 20.0. The van der Waals surface area contributed by atoms with E-state index in [0.717, 1.165) is 11.1 Å². The lowest BCUT2D eigenvalue weighted by Crippen LogP contribution is -2.06. The van der Waals surface area contributed by atoms with Crippen molar-refractivity contribution in [3.8, 4) is 0 Å². The normalized spacial score (nSPS) is 10.4. The van der Waals surface area contributed by atoms with Gasteiger partial charge >= 0.3 is 0 Å². The van der Waals surface area contributed by atoms with Crippen molar-refractivity contribution in [2.75, 3.05) is 5.75 Å². The summed E-state index contributed by atoms with van der Waals surface area (Å²) in [6, 6.07) is 5.97. The van der Waals surface area contributed by atoms with Crippen LogP contribution in [0.1, 0.15) is 11.1 Å². The third-order valence-corrected chi connectivity index (χ3v) is 3.37. The lowest BCUT2D eigenvalue weighted by atomic mass is 10.1. The number of carbonyl (C=O) groups excluding carboxylic acids is 1. The number of hydrogen-bond acceptors (Lipinski definition) is 4. The van der Waals surface area contributed by atoms with Gasteiger partial charge in [0.25, 0.3) is 0 Å². The molecule has 0 N–H and O–H groups in total. The number of aromatic nitrogens is 2. The Morgan fingerprint density at radius 2 is 1.84 bits per heavy atom. The highest BCUT2D eigenvalue weighted by Crippen LogP contribution is 2.13. The maximum absolute atomic E-state index is 12.7. The molecule has 1 heterocycles. The van der Waals surface area contributed by atoms with E-state index in [-0.39, 0.29) is 11.6 Å². The summed E-state index contributed by atoms with van der Waals surface area (Å²) in [7, 11) is 0. The van der Waals surface area contributed by atoms with Gasteiger partial charge in [0, 0.05) is 18.8 Å². The molecule has 0 amide bonds. The van der Waals surface area contributed by atoms with E-state index in [1.54, 1.807) is 24.5 Å². The van der Waals surface area contributed by atoms with Gasteiger partial charge in [0.05, 0.1) is 5.75 Å². The van der Waals surface area contributed by atoms with Crippen molar-refractivity contribution in [1.29, 1.82) is 0 Å². The number of thioether (sulfide) groups is 1. The summed E-state index contributed by atoms with van der Waals surface area (Å²) in [5.41, 5.74) is 1.80. The molecule has 1 aromatic carbocycles. The molecule has 0 spiro atoms. The Labute approximate surface area is 115 Å². The minimum absolute atomic E-state index is 0.0702. The molecule has 2 rings (SSSR count). The van der Waals surface area contributed by atoms with Crippen LogP contribution in [0.15, 0.2) is 41.8 Å². The molecular weight excluding hydrogens is 263 g/mol. The molecule has 0 fully saturated rings. The van der Waals surface area contributed by atoms with Crippen molar-refractivity contribution in [2.24, 2.45) is 0 Å². The van der Waals surface area contributed by atoms with Crippen LogP contribution in [0.5, 0.6) is 0 Å². The lowest BCUT2D eigenvalue weighted by molar-refractivity contribution is -0.116. The highest BCUT2D eigenvalue weighted by Gasteiger charge is 2.06. The van der Waals surface area contributed by atoms with Crippen molar-refractivity contribution in [3.63, 3.8) is 0 Å². The SMILES string of the molecule is Cc1cnc(SCC(=O)Cc2ccc(F)cc2)nc1. The minimum atomic E-state index is -0.293. The predicted octanol–water partition coefficient (Wildman–Crippen LogP) is 2.83. The predicted molar refractivity (Wildman–Crippen MR) is 72.6 cm³/mol. The van der Waals surface area contributed by atoms with E-state index >= 15 is 0 Å². The molecule has 0 aliphatic carbocycles. The molecule has 5 heteroatoms. The maximum atomic E-state index is 12.7. The van der Waals surface area contributed by atoms with Crippen LogP contribution in [-0.4, -0.2) is 21.5 Å². The Morgan fingerprint density at radius 1 is 1.21 bits per heavy atom. The van der Waals surface area contributed by atoms with Crippen molar-refractivity contribution >= 4 is 17.5 Å². The number of ketones is 1. The average molecular weight is 276 g/mol. The Morgan fingerprint density at radius 3 is 2.47 bits per heavy atom.